The zero-order chi connectivity index (χ0) is 23.1. The molecule has 0 N–H and O–H groups in total. The van der Waals surface area contributed by atoms with Crippen LogP contribution in [-0.2, 0) is 4.79 Å². The molecule has 2 bridgehead atoms. The minimum Gasteiger partial charge on any atom is -0.332 e. The molecular weight excluding hydrogens is 410 g/mol. The van der Waals surface area contributed by atoms with Crippen molar-refractivity contribution in [2.45, 2.75) is 90.3 Å². The van der Waals surface area contributed by atoms with Gasteiger partial charge in [-0.1, -0.05) is 13.8 Å². The fourth-order valence-electron chi connectivity index (χ4n) is 6.76. The lowest BCUT2D eigenvalue weighted by molar-refractivity contribution is -0.130. The summed E-state index contributed by atoms with van der Waals surface area (Å²) in [6.07, 6.45) is 11.4. The number of Topliss-reactive ketones (excluding diaryl/α,β-unsaturated/α-hetero) is 1. The predicted molar refractivity (Wildman–Crippen MR) is 133 cm³/mol. The quantitative estimate of drug-likeness (QED) is 0.623. The Morgan fingerprint density at radius 3 is 2.12 bits per heavy atom. The SMILES string of the molecule is CC(C)C(=O)C1CC(CN2CCC(c3cnc(N4C5CCC4CN(C(C)C)C5)nc3)CC2)C1. The third-order valence-corrected chi connectivity index (χ3v) is 8.91. The van der Waals surface area contributed by atoms with E-state index in [1.165, 1.54) is 37.8 Å². The Morgan fingerprint density at radius 1 is 0.970 bits per heavy atom. The Labute approximate surface area is 200 Å². The second kappa shape index (κ2) is 9.61. The predicted octanol–water partition coefficient (Wildman–Crippen LogP) is 3.97. The van der Waals surface area contributed by atoms with Crippen LogP contribution in [0.25, 0.3) is 0 Å². The summed E-state index contributed by atoms with van der Waals surface area (Å²) in [5, 5.41) is 0. The third-order valence-electron chi connectivity index (χ3n) is 8.91. The summed E-state index contributed by atoms with van der Waals surface area (Å²) in [6, 6.07) is 1.77. The second-order valence-corrected chi connectivity index (χ2v) is 11.8. The summed E-state index contributed by atoms with van der Waals surface area (Å²) in [5.41, 5.74) is 1.32. The van der Waals surface area contributed by atoms with Gasteiger partial charge in [-0.15, -0.1) is 0 Å². The zero-order valence-corrected chi connectivity index (χ0v) is 21.1. The summed E-state index contributed by atoms with van der Waals surface area (Å²) in [7, 11) is 0. The highest BCUT2D eigenvalue weighted by Gasteiger charge is 2.42. The molecule has 3 aliphatic heterocycles. The van der Waals surface area contributed by atoms with E-state index in [2.05, 4.69) is 40.9 Å². The molecule has 1 saturated carbocycles. The molecule has 1 aliphatic carbocycles. The van der Waals surface area contributed by atoms with E-state index < -0.39 is 0 Å². The van der Waals surface area contributed by atoms with E-state index >= 15 is 0 Å². The Morgan fingerprint density at radius 2 is 1.58 bits per heavy atom. The van der Waals surface area contributed by atoms with Crippen molar-refractivity contribution in [2.75, 3.05) is 37.6 Å². The maximum Gasteiger partial charge on any atom is 0.225 e. The molecule has 0 radical (unpaired) electrons. The van der Waals surface area contributed by atoms with Crippen LogP contribution in [0.1, 0.15) is 77.7 Å². The first-order valence-corrected chi connectivity index (χ1v) is 13.5. The van der Waals surface area contributed by atoms with Gasteiger partial charge in [0.15, 0.2) is 0 Å². The van der Waals surface area contributed by atoms with Crippen LogP contribution in [-0.4, -0.2) is 76.4 Å². The first-order chi connectivity index (χ1) is 15.9. The van der Waals surface area contributed by atoms with Crippen LogP contribution >= 0.6 is 0 Å². The lowest BCUT2D eigenvalue weighted by Gasteiger charge is -2.43. The van der Waals surface area contributed by atoms with Crippen molar-refractivity contribution in [3.63, 3.8) is 0 Å². The van der Waals surface area contributed by atoms with Gasteiger partial charge in [0.25, 0.3) is 0 Å². The Balaban J connectivity index is 1.10. The molecule has 0 aromatic carbocycles. The van der Waals surface area contributed by atoms with Gasteiger partial charge in [0.1, 0.15) is 5.78 Å². The number of likely N-dealkylation sites (tertiary alicyclic amines) is 2. The first kappa shape index (κ1) is 23.2. The fraction of sp³-hybridized carbons (Fsp3) is 0.815. The van der Waals surface area contributed by atoms with Gasteiger partial charge < -0.3 is 9.80 Å². The molecule has 0 spiro atoms. The van der Waals surface area contributed by atoms with Crippen LogP contribution in [0, 0.1) is 17.8 Å². The number of carbonyl (C=O) groups excluding carboxylic acids is 1. The van der Waals surface area contributed by atoms with Crippen molar-refractivity contribution in [3.05, 3.63) is 18.0 Å². The number of hydrogen-bond acceptors (Lipinski definition) is 6. The Hall–Kier alpha value is -1.53. The van der Waals surface area contributed by atoms with Crippen LogP contribution in [0.4, 0.5) is 5.95 Å². The Bertz CT molecular complexity index is 796. The number of rotatable bonds is 7. The number of aromatic nitrogens is 2. The van der Waals surface area contributed by atoms with Crippen LogP contribution < -0.4 is 4.90 Å². The van der Waals surface area contributed by atoms with Crippen molar-refractivity contribution >= 4 is 11.7 Å². The van der Waals surface area contributed by atoms with Gasteiger partial charge in [-0.05, 0) is 82.9 Å². The molecule has 1 aromatic rings. The van der Waals surface area contributed by atoms with Crippen molar-refractivity contribution in [1.82, 2.24) is 19.8 Å². The van der Waals surface area contributed by atoms with E-state index in [1.54, 1.807) is 0 Å². The molecule has 4 aliphatic rings. The summed E-state index contributed by atoms with van der Waals surface area (Å²) in [4.78, 5) is 29.6. The maximum atomic E-state index is 12.1. The van der Waals surface area contributed by atoms with Gasteiger partial charge in [0.2, 0.25) is 5.95 Å². The first-order valence-electron chi connectivity index (χ1n) is 13.5. The molecule has 2 unspecified atom stereocenters. The Kier molecular flexibility index (Phi) is 6.76. The lowest BCUT2D eigenvalue weighted by Crippen LogP contribution is -2.56. The van der Waals surface area contributed by atoms with Crippen LogP contribution in [0.3, 0.4) is 0 Å². The molecule has 6 nitrogen and oxygen atoms in total. The smallest absolute Gasteiger partial charge is 0.225 e. The molecule has 2 atom stereocenters. The summed E-state index contributed by atoms with van der Waals surface area (Å²) in [6.45, 7) is 14.5. The van der Waals surface area contributed by atoms with Crippen molar-refractivity contribution in [2.24, 2.45) is 17.8 Å². The van der Waals surface area contributed by atoms with E-state index in [-0.39, 0.29) is 5.92 Å². The minimum absolute atomic E-state index is 0.195. The average molecular weight is 454 g/mol. The van der Waals surface area contributed by atoms with Gasteiger partial charge in [-0.3, -0.25) is 9.69 Å². The normalized spacial score (nSPS) is 31.4. The van der Waals surface area contributed by atoms with Gasteiger partial charge in [-0.2, -0.15) is 0 Å². The molecule has 6 heteroatoms. The summed E-state index contributed by atoms with van der Waals surface area (Å²) >= 11 is 0. The van der Waals surface area contributed by atoms with E-state index in [4.69, 9.17) is 9.97 Å². The number of piperidine rings is 1. The highest BCUT2D eigenvalue weighted by molar-refractivity contribution is 5.83. The average Bonchev–Trinajstić information content (AvgIpc) is 3.04. The number of hydrogen-bond donors (Lipinski definition) is 0. The zero-order valence-electron chi connectivity index (χ0n) is 21.1. The van der Waals surface area contributed by atoms with Gasteiger partial charge >= 0.3 is 0 Å². The number of ketones is 1. The molecule has 4 fully saturated rings. The standard InChI is InChI=1S/C27H43N5O/c1-18(2)26(33)22-11-20(12-22)15-30-9-7-21(8-10-30)23-13-28-27(29-14-23)32-24-5-6-25(32)17-31(16-24)19(3)4/h13-14,18-22,24-25H,5-12,15-17H2,1-4H3. The molecule has 4 heterocycles. The fourth-order valence-corrected chi connectivity index (χ4v) is 6.76. The lowest BCUT2D eigenvalue weighted by atomic mass is 9.70. The molecule has 5 rings (SSSR count). The van der Waals surface area contributed by atoms with Gasteiger partial charge in [-0.25, -0.2) is 9.97 Å². The van der Waals surface area contributed by atoms with E-state index in [0.717, 1.165) is 50.9 Å². The third kappa shape index (κ3) is 4.84. The highest BCUT2D eigenvalue weighted by atomic mass is 16.1. The number of carbonyl (C=O) groups is 1. The highest BCUT2D eigenvalue weighted by Crippen LogP contribution is 2.38. The number of anilines is 1. The molecule has 0 amide bonds. The number of piperazine rings is 1. The van der Waals surface area contributed by atoms with Crippen molar-refractivity contribution in [3.8, 4) is 0 Å². The maximum absolute atomic E-state index is 12.1. The van der Waals surface area contributed by atoms with E-state index in [9.17, 15) is 4.79 Å². The molecule has 3 saturated heterocycles. The summed E-state index contributed by atoms with van der Waals surface area (Å²) in [5.74, 6) is 3.27. The molecule has 33 heavy (non-hydrogen) atoms. The van der Waals surface area contributed by atoms with Crippen molar-refractivity contribution in [1.29, 1.82) is 0 Å². The molecule has 1 aromatic heterocycles. The van der Waals surface area contributed by atoms with Gasteiger partial charge in [0, 0.05) is 62.0 Å². The monoisotopic (exact) mass is 453 g/mol. The second-order valence-electron chi connectivity index (χ2n) is 11.8. The summed E-state index contributed by atoms with van der Waals surface area (Å²) < 4.78 is 0. The topological polar surface area (TPSA) is 52.6 Å². The van der Waals surface area contributed by atoms with E-state index in [1.807, 2.05) is 13.8 Å². The molecular formula is C27H43N5O. The number of fused-ring (bicyclic) bond motifs is 2. The van der Waals surface area contributed by atoms with Crippen LogP contribution in [0.15, 0.2) is 12.4 Å². The van der Waals surface area contributed by atoms with Crippen LogP contribution in [0.5, 0.6) is 0 Å². The minimum atomic E-state index is 0.195. The van der Waals surface area contributed by atoms with Crippen LogP contribution in [0.2, 0.25) is 0 Å². The van der Waals surface area contributed by atoms with E-state index in [0.29, 0.717) is 35.7 Å². The number of nitrogens with zero attached hydrogens (tertiary/aromatic N) is 5. The largest absolute Gasteiger partial charge is 0.332 e. The molecule has 182 valence electrons. The van der Waals surface area contributed by atoms with Gasteiger partial charge in [0.05, 0.1) is 0 Å². The van der Waals surface area contributed by atoms with Crippen molar-refractivity contribution < 1.29 is 4.79 Å².